The molecule has 2 rings (SSSR count). The van der Waals surface area contributed by atoms with Gasteiger partial charge in [-0.05, 0) is 37.8 Å². The number of hydrogen-bond donors (Lipinski definition) is 1. The first-order valence-corrected chi connectivity index (χ1v) is 7.02. The summed E-state index contributed by atoms with van der Waals surface area (Å²) < 4.78 is 38.5. The van der Waals surface area contributed by atoms with Gasteiger partial charge in [0.1, 0.15) is 12.2 Å². The Balaban J connectivity index is 2.08. The number of hydrogen-bond acceptors (Lipinski definition) is 2. The summed E-state index contributed by atoms with van der Waals surface area (Å²) in [5, 5.41) is 0. The quantitative estimate of drug-likeness (QED) is 0.932. The van der Waals surface area contributed by atoms with Crippen molar-refractivity contribution >= 4 is 5.91 Å². The van der Waals surface area contributed by atoms with Gasteiger partial charge in [0.2, 0.25) is 0 Å². The van der Waals surface area contributed by atoms with Gasteiger partial charge in [0.15, 0.2) is 0 Å². The number of nitrogens with two attached hydrogens (primary N) is 1. The zero-order valence-electron chi connectivity index (χ0n) is 11.9. The van der Waals surface area contributed by atoms with Gasteiger partial charge < -0.3 is 15.2 Å². The van der Waals surface area contributed by atoms with Crippen molar-refractivity contribution in [3.63, 3.8) is 0 Å². The van der Waals surface area contributed by atoms with Gasteiger partial charge in [0.05, 0.1) is 0 Å². The second-order valence-corrected chi connectivity index (χ2v) is 5.62. The molecule has 0 spiro atoms. The van der Waals surface area contributed by atoms with Gasteiger partial charge in [0, 0.05) is 25.3 Å². The predicted octanol–water partition coefficient (Wildman–Crippen LogP) is 2.39. The van der Waals surface area contributed by atoms with Gasteiger partial charge >= 0.3 is 6.18 Å². The van der Waals surface area contributed by atoms with Crippen molar-refractivity contribution in [1.82, 2.24) is 9.47 Å². The second kappa shape index (κ2) is 6.09. The number of nitrogens with zero attached hydrogens (tertiary/aromatic N) is 2. The Kier molecular flexibility index (Phi) is 4.61. The highest BCUT2D eigenvalue weighted by Gasteiger charge is 2.31. The van der Waals surface area contributed by atoms with Crippen LogP contribution >= 0.6 is 0 Å². The summed E-state index contributed by atoms with van der Waals surface area (Å²) in [4.78, 5) is 13.9. The molecule has 2 N–H and O–H groups in total. The van der Waals surface area contributed by atoms with Crippen LogP contribution in [0.3, 0.4) is 0 Å². The lowest BCUT2D eigenvalue weighted by Crippen LogP contribution is -2.42. The zero-order chi connectivity index (χ0) is 15.6. The molecule has 21 heavy (non-hydrogen) atoms. The minimum Gasteiger partial charge on any atom is -0.337 e. The van der Waals surface area contributed by atoms with E-state index in [0.29, 0.717) is 0 Å². The van der Waals surface area contributed by atoms with Crippen molar-refractivity contribution in [3.8, 4) is 0 Å². The van der Waals surface area contributed by atoms with Crippen molar-refractivity contribution in [2.24, 2.45) is 5.73 Å². The molecule has 1 aliphatic rings. The lowest BCUT2D eigenvalue weighted by atomic mass is 9.91. The molecular weight excluding hydrogens is 283 g/mol. The minimum atomic E-state index is -4.34. The molecule has 0 aromatic carbocycles. The Labute approximate surface area is 121 Å². The third-order valence-corrected chi connectivity index (χ3v) is 4.01. The van der Waals surface area contributed by atoms with Crippen molar-refractivity contribution < 1.29 is 18.0 Å². The Hall–Kier alpha value is -1.50. The first-order valence-electron chi connectivity index (χ1n) is 7.02. The van der Waals surface area contributed by atoms with Gasteiger partial charge in [-0.25, -0.2) is 0 Å². The van der Waals surface area contributed by atoms with E-state index in [4.69, 9.17) is 5.73 Å². The molecular formula is C14H20F3N3O. The zero-order valence-corrected chi connectivity index (χ0v) is 11.9. The molecule has 0 saturated heterocycles. The Morgan fingerprint density at radius 1 is 1.38 bits per heavy atom. The predicted molar refractivity (Wildman–Crippen MR) is 72.8 cm³/mol. The van der Waals surface area contributed by atoms with E-state index >= 15 is 0 Å². The fourth-order valence-corrected chi connectivity index (χ4v) is 2.77. The normalized spacial score (nSPS) is 23.1. The topological polar surface area (TPSA) is 51.3 Å². The molecule has 1 aliphatic carbocycles. The number of alkyl halides is 3. The molecule has 0 atom stereocenters. The first kappa shape index (κ1) is 15.9. The molecule has 4 nitrogen and oxygen atoms in total. The Morgan fingerprint density at radius 2 is 2.00 bits per heavy atom. The molecule has 1 saturated carbocycles. The van der Waals surface area contributed by atoms with Crippen molar-refractivity contribution in [1.29, 1.82) is 0 Å². The smallest absolute Gasteiger partial charge is 0.337 e. The van der Waals surface area contributed by atoms with E-state index in [0.717, 1.165) is 30.3 Å². The van der Waals surface area contributed by atoms with E-state index in [1.54, 1.807) is 11.9 Å². The van der Waals surface area contributed by atoms with Gasteiger partial charge in [-0.2, -0.15) is 13.2 Å². The largest absolute Gasteiger partial charge is 0.406 e. The molecule has 118 valence electrons. The third-order valence-electron chi connectivity index (χ3n) is 4.01. The molecule has 7 heteroatoms. The molecule has 0 radical (unpaired) electrons. The van der Waals surface area contributed by atoms with Crippen LogP contribution < -0.4 is 5.73 Å². The molecule has 1 aromatic rings. The van der Waals surface area contributed by atoms with Crippen LogP contribution in [0.25, 0.3) is 0 Å². The first-order chi connectivity index (χ1) is 9.78. The maximum absolute atomic E-state index is 12.5. The summed E-state index contributed by atoms with van der Waals surface area (Å²) in [6.45, 7) is -1.15. The summed E-state index contributed by atoms with van der Waals surface area (Å²) in [5.74, 6) is -0.371. The Bertz CT molecular complexity index is 490. The van der Waals surface area contributed by atoms with Gasteiger partial charge in [-0.15, -0.1) is 0 Å². The fraction of sp³-hybridized carbons (Fsp3) is 0.643. The van der Waals surface area contributed by atoms with Crippen LogP contribution in [0.5, 0.6) is 0 Å². The fourth-order valence-electron chi connectivity index (χ4n) is 2.77. The molecule has 1 heterocycles. The number of carbonyl (C=O) groups is 1. The van der Waals surface area contributed by atoms with Gasteiger partial charge in [-0.3, -0.25) is 4.79 Å². The highest BCUT2D eigenvalue weighted by atomic mass is 19.4. The number of rotatable bonds is 3. The number of halogens is 3. The third kappa shape index (κ3) is 4.00. The van der Waals surface area contributed by atoms with E-state index in [9.17, 15) is 18.0 Å². The maximum atomic E-state index is 12.5. The Morgan fingerprint density at radius 3 is 2.57 bits per heavy atom. The lowest BCUT2D eigenvalue weighted by Gasteiger charge is -2.33. The van der Waals surface area contributed by atoms with E-state index < -0.39 is 12.7 Å². The standard InChI is InChI=1S/C14H20F3N3O/c1-19(11-6-4-10(18)5-7-11)13(21)12-3-2-8-20(12)9-14(15,16)17/h2-3,8,10-11H,4-7,9,18H2,1H3. The average Bonchev–Trinajstić information content (AvgIpc) is 2.83. The van der Waals surface area contributed by atoms with E-state index in [1.807, 2.05) is 0 Å². The molecule has 0 aliphatic heterocycles. The van der Waals surface area contributed by atoms with Gasteiger partial charge in [0.25, 0.3) is 5.91 Å². The summed E-state index contributed by atoms with van der Waals surface area (Å²) >= 11 is 0. The van der Waals surface area contributed by atoms with Gasteiger partial charge in [-0.1, -0.05) is 0 Å². The van der Waals surface area contributed by atoms with Crippen LogP contribution in [-0.2, 0) is 6.54 Å². The van der Waals surface area contributed by atoms with Crippen LogP contribution in [0.15, 0.2) is 18.3 Å². The SMILES string of the molecule is CN(C(=O)c1cccn1CC(F)(F)F)C1CCC(N)CC1. The summed E-state index contributed by atoms with van der Waals surface area (Å²) in [6, 6.07) is 3.10. The van der Waals surface area contributed by atoms with Crippen LogP contribution in [0.4, 0.5) is 13.2 Å². The van der Waals surface area contributed by atoms with Crippen LogP contribution in [-0.4, -0.2) is 40.7 Å². The minimum absolute atomic E-state index is 0.0477. The van der Waals surface area contributed by atoms with E-state index in [-0.39, 0.29) is 23.7 Å². The van der Waals surface area contributed by atoms with Crippen LogP contribution in [0, 0.1) is 0 Å². The summed E-state index contributed by atoms with van der Waals surface area (Å²) in [5.41, 5.74) is 5.90. The van der Waals surface area contributed by atoms with E-state index in [2.05, 4.69) is 0 Å². The number of amides is 1. The highest BCUT2D eigenvalue weighted by molar-refractivity contribution is 5.92. The van der Waals surface area contributed by atoms with Crippen LogP contribution in [0.1, 0.15) is 36.2 Å². The molecule has 1 amide bonds. The van der Waals surface area contributed by atoms with E-state index in [1.165, 1.54) is 18.3 Å². The molecule has 0 bridgehead atoms. The van der Waals surface area contributed by atoms with Crippen molar-refractivity contribution in [3.05, 3.63) is 24.0 Å². The molecule has 1 aromatic heterocycles. The summed E-state index contributed by atoms with van der Waals surface area (Å²) in [6.07, 6.45) is 0.208. The summed E-state index contributed by atoms with van der Waals surface area (Å²) in [7, 11) is 1.65. The lowest BCUT2D eigenvalue weighted by molar-refractivity contribution is -0.140. The van der Waals surface area contributed by atoms with Crippen molar-refractivity contribution in [2.75, 3.05) is 7.05 Å². The van der Waals surface area contributed by atoms with Crippen LogP contribution in [0.2, 0.25) is 0 Å². The average molecular weight is 303 g/mol. The maximum Gasteiger partial charge on any atom is 0.406 e. The molecule has 0 unspecified atom stereocenters. The second-order valence-electron chi connectivity index (χ2n) is 5.62. The number of aromatic nitrogens is 1. The van der Waals surface area contributed by atoms with Crippen molar-refractivity contribution in [2.45, 2.75) is 50.5 Å². The monoisotopic (exact) mass is 303 g/mol. The molecule has 1 fully saturated rings. The number of carbonyl (C=O) groups excluding carboxylic acids is 1. The highest BCUT2D eigenvalue weighted by Crippen LogP contribution is 2.24.